The van der Waals surface area contributed by atoms with E-state index in [1.807, 2.05) is 12.1 Å². The van der Waals surface area contributed by atoms with Crippen molar-refractivity contribution < 1.29 is 9.47 Å². The molecule has 1 aromatic carbocycles. The van der Waals surface area contributed by atoms with Crippen LogP contribution >= 0.6 is 15.9 Å². The average Bonchev–Trinajstić information content (AvgIpc) is 2.49. The number of halogens is 1. The van der Waals surface area contributed by atoms with E-state index in [1.54, 1.807) is 19.2 Å². The molecule has 3 aromatic rings. The number of nitrogen functional groups attached to an aromatic ring is 1. The van der Waals surface area contributed by atoms with E-state index in [9.17, 15) is 0 Å². The standard InChI is InChI=1S/C14H11BrN4O2/c1-20-12-5-11-9(4-10(12)15)14(19-7-18-11)21-13-3-2-8(16)6-17-13/h2-7H,16H2,1H3. The fourth-order valence-electron chi connectivity index (χ4n) is 1.82. The van der Waals surface area contributed by atoms with Gasteiger partial charge in [-0.3, -0.25) is 0 Å². The summed E-state index contributed by atoms with van der Waals surface area (Å²) in [5.74, 6) is 1.52. The van der Waals surface area contributed by atoms with Gasteiger partial charge in [-0.2, -0.15) is 0 Å². The van der Waals surface area contributed by atoms with Gasteiger partial charge in [0.2, 0.25) is 11.8 Å². The van der Waals surface area contributed by atoms with E-state index in [4.69, 9.17) is 15.2 Å². The zero-order chi connectivity index (χ0) is 14.8. The van der Waals surface area contributed by atoms with Gasteiger partial charge in [0.1, 0.15) is 12.1 Å². The first-order valence-corrected chi connectivity index (χ1v) is 6.84. The smallest absolute Gasteiger partial charge is 0.232 e. The molecule has 0 bridgehead atoms. The molecular weight excluding hydrogens is 336 g/mol. The van der Waals surface area contributed by atoms with Crippen LogP contribution in [0.4, 0.5) is 5.69 Å². The first-order valence-electron chi connectivity index (χ1n) is 6.05. The van der Waals surface area contributed by atoms with Crippen molar-refractivity contribution in [2.24, 2.45) is 0 Å². The molecule has 2 N–H and O–H groups in total. The number of anilines is 1. The highest BCUT2D eigenvalue weighted by molar-refractivity contribution is 9.10. The molecule has 0 aliphatic carbocycles. The lowest BCUT2D eigenvalue weighted by Gasteiger charge is -2.09. The second-order valence-electron chi connectivity index (χ2n) is 4.21. The van der Waals surface area contributed by atoms with Crippen LogP contribution in [0.25, 0.3) is 10.9 Å². The molecule has 0 saturated carbocycles. The number of hydrogen-bond acceptors (Lipinski definition) is 6. The predicted molar refractivity (Wildman–Crippen MR) is 82.5 cm³/mol. The van der Waals surface area contributed by atoms with Crippen LogP contribution in [0.3, 0.4) is 0 Å². The normalized spacial score (nSPS) is 10.6. The maximum atomic E-state index is 5.70. The number of benzene rings is 1. The fraction of sp³-hybridized carbons (Fsp3) is 0.0714. The summed E-state index contributed by atoms with van der Waals surface area (Å²) in [4.78, 5) is 12.5. The number of nitrogens with zero attached hydrogens (tertiary/aromatic N) is 3. The van der Waals surface area contributed by atoms with Gasteiger partial charge in [0.15, 0.2) is 0 Å². The lowest BCUT2D eigenvalue weighted by atomic mass is 10.2. The number of pyridine rings is 1. The Kier molecular flexibility index (Phi) is 3.57. The third-order valence-corrected chi connectivity index (χ3v) is 3.45. The minimum absolute atomic E-state index is 0.413. The Bertz CT molecular complexity index is 793. The largest absolute Gasteiger partial charge is 0.495 e. The van der Waals surface area contributed by atoms with Gasteiger partial charge in [0, 0.05) is 12.1 Å². The van der Waals surface area contributed by atoms with Gasteiger partial charge < -0.3 is 15.2 Å². The van der Waals surface area contributed by atoms with E-state index in [0.29, 0.717) is 23.2 Å². The number of methoxy groups -OCH3 is 1. The molecule has 0 aliphatic rings. The summed E-state index contributed by atoms with van der Waals surface area (Å²) in [6, 6.07) is 7.05. The number of hydrogen-bond donors (Lipinski definition) is 1. The summed E-state index contributed by atoms with van der Waals surface area (Å²) < 4.78 is 11.7. The van der Waals surface area contributed by atoms with E-state index in [1.165, 1.54) is 12.5 Å². The van der Waals surface area contributed by atoms with Crippen molar-refractivity contribution in [2.45, 2.75) is 0 Å². The second kappa shape index (κ2) is 5.53. The second-order valence-corrected chi connectivity index (χ2v) is 5.07. The van der Waals surface area contributed by atoms with Crippen molar-refractivity contribution in [3.05, 3.63) is 41.3 Å². The topological polar surface area (TPSA) is 83.2 Å². The zero-order valence-corrected chi connectivity index (χ0v) is 12.7. The number of rotatable bonds is 3. The van der Waals surface area contributed by atoms with Crippen LogP contribution in [0, 0.1) is 0 Å². The van der Waals surface area contributed by atoms with E-state index < -0.39 is 0 Å². The predicted octanol–water partition coefficient (Wildman–Crippen LogP) is 3.17. The first kappa shape index (κ1) is 13.6. The highest BCUT2D eigenvalue weighted by atomic mass is 79.9. The molecule has 2 heterocycles. The minimum atomic E-state index is 0.413. The number of ether oxygens (including phenoxy) is 2. The van der Waals surface area contributed by atoms with Crippen LogP contribution in [0.15, 0.2) is 41.3 Å². The monoisotopic (exact) mass is 346 g/mol. The van der Waals surface area contributed by atoms with Gasteiger partial charge in [-0.1, -0.05) is 0 Å². The van der Waals surface area contributed by atoms with Crippen molar-refractivity contribution >= 4 is 32.5 Å². The van der Waals surface area contributed by atoms with E-state index >= 15 is 0 Å². The van der Waals surface area contributed by atoms with Crippen LogP contribution in [-0.2, 0) is 0 Å². The van der Waals surface area contributed by atoms with E-state index in [-0.39, 0.29) is 0 Å². The van der Waals surface area contributed by atoms with Crippen LogP contribution in [0.2, 0.25) is 0 Å². The molecule has 0 spiro atoms. The summed E-state index contributed by atoms with van der Waals surface area (Å²) in [5.41, 5.74) is 6.89. The van der Waals surface area contributed by atoms with E-state index in [2.05, 4.69) is 30.9 Å². The van der Waals surface area contributed by atoms with Crippen LogP contribution in [0.5, 0.6) is 17.5 Å². The van der Waals surface area contributed by atoms with E-state index in [0.717, 1.165) is 15.4 Å². The summed E-state index contributed by atoms with van der Waals surface area (Å²) in [6.07, 6.45) is 2.96. The van der Waals surface area contributed by atoms with Gasteiger partial charge in [0.25, 0.3) is 0 Å². The molecule has 0 fully saturated rings. The molecule has 0 atom stereocenters. The molecule has 0 radical (unpaired) electrons. The summed E-state index contributed by atoms with van der Waals surface area (Å²) in [6.45, 7) is 0. The molecule has 0 aliphatic heterocycles. The summed E-state index contributed by atoms with van der Waals surface area (Å²) in [5, 5.41) is 0.754. The Hall–Kier alpha value is -2.41. The Morgan fingerprint density at radius 2 is 2.00 bits per heavy atom. The number of fused-ring (bicyclic) bond motifs is 1. The maximum Gasteiger partial charge on any atom is 0.232 e. The lowest BCUT2D eigenvalue weighted by molar-refractivity contribution is 0.412. The van der Waals surface area contributed by atoms with Gasteiger partial charge in [-0.25, -0.2) is 15.0 Å². The molecule has 0 saturated heterocycles. The highest BCUT2D eigenvalue weighted by Crippen LogP contribution is 2.33. The molecule has 3 rings (SSSR count). The first-order chi connectivity index (χ1) is 10.2. The molecule has 2 aromatic heterocycles. The van der Waals surface area contributed by atoms with Crippen LogP contribution in [-0.4, -0.2) is 22.1 Å². The molecule has 0 amide bonds. The van der Waals surface area contributed by atoms with Gasteiger partial charge in [-0.15, -0.1) is 0 Å². The minimum Gasteiger partial charge on any atom is -0.495 e. The molecule has 106 valence electrons. The maximum absolute atomic E-state index is 5.70. The van der Waals surface area contributed by atoms with Gasteiger partial charge in [0.05, 0.1) is 34.4 Å². The zero-order valence-electron chi connectivity index (χ0n) is 11.1. The third-order valence-electron chi connectivity index (χ3n) is 2.83. The van der Waals surface area contributed by atoms with Crippen molar-refractivity contribution in [2.75, 3.05) is 12.8 Å². The van der Waals surface area contributed by atoms with Crippen molar-refractivity contribution in [1.29, 1.82) is 0 Å². The Balaban J connectivity index is 2.06. The third kappa shape index (κ3) is 2.73. The quantitative estimate of drug-likeness (QED) is 0.784. The molecular formula is C14H11BrN4O2. The summed E-state index contributed by atoms with van der Waals surface area (Å²) in [7, 11) is 1.60. The highest BCUT2D eigenvalue weighted by Gasteiger charge is 2.11. The molecule has 0 unspecified atom stereocenters. The van der Waals surface area contributed by atoms with Gasteiger partial charge >= 0.3 is 0 Å². The Morgan fingerprint density at radius 1 is 1.14 bits per heavy atom. The van der Waals surface area contributed by atoms with Crippen molar-refractivity contribution in [3.8, 4) is 17.5 Å². The SMILES string of the molecule is COc1cc2ncnc(Oc3ccc(N)cn3)c2cc1Br. The van der Waals surface area contributed by atoms with Crippen LogP contribution in [0.1, 0.15) is 0 Å². The van der Waals surface area contributed by atoms with Crippen molar-refractivity contribution in [1.82, 2.24) is 15.0 Å². The Morgan fingerprint density at radius 3 is 2.71 bits per heavy atom. The molecule has 21 heavy (non-hydrogen) atoms. The summed E-state index contributed by atoms with van der Waals surface area (Å²) >= 11 is 3.44. The Labute approximate surface area is 129 Å². The fourth-order valence-corrected chi connectivity index (χ4v) is 2.33. The lowest BCUT2D eigenvalue weighted by Crippen LogP contribution is -1.95. The molecule has 6 nitrogen and oxygen atoms in total. The average molecular weight is 347 g/mol. The van der Waals surface area contributed by atoms with Gasteiger partial charge in [-0.05, 0) is 28.1 Å². The number of aromatic nitrogens is 3. The molecule has 7 heteroatoms. The van der Waals surface area contributed by atoms with Crippen LogP contribution < -0.4 is 15.2 Å². The van der Waals surface area contributed by atoms with Crippen molar-refractivity contribution in [3.63, 3.8) is 0 Å². The number of nitrogens with two attached hydrogens (primary N) is 1.